The van der Waals surface area contributed by atoms with Crippen molar-refractivity contribution in [3.05, 3.63) is 72.2 Å². The van der Waals surface area contributed by atoms with E-state index in [-0.39, 0.29) is 5.78 Å². The van der Waals surface area contributed by atoms with Crippen LogP contribution in [0.15, 0.2) is 66.0 Å². The largest absolute Gasteiger partial charge is 0.486 e. The van der Waals surface area contributed by atoms with Crippen molar-refractivity contribution in [2.24, 2.45) is 0 Å². The highest BCUT2D eigenvalue weighted by atomic mass is 32.2. The number of hydrogen-bond donors (Lipinski definition) is 0. The van der Waals surface area contributed by atoms with Gasteiger partial charge >= 0.3 is 0 Å². The maximum Gasteiger partial charge on any atom is 0.191 e. The van der Waals surface area contributed by atoms with Crippen molar-refractivity contribution in [2.75, 3.05) is 5.75 Å². The first kappa shape index (κ1) is 20.2. The average molecular weight is 421 g/mol. The zero-order chi connectivity index (χ0) is 20.9. The van der Waals surface area contributed by atoms with Gasteiger partial charge in [0, 0.05) is 35.8 Å². The molecule has 0 aliphatic rings. The van der Waals surface area contributed by atoms with Crippen molar-refractivity contribution >= 4 is 28.4 Å². The van der Waals surface area contributed by atoms with E-state index in [0.717, 1.165) is 39.7 Å². The van der Waals surface area contributed by atoms with Gasteiger partial charge in [-0.2, -0.15) is 0 Å². The predicted molar refractivity (Wildman–Crippen MR) is 119 cm³/mol. The molecule has 0 spiro atoms. The van der Waals surface area contributed by atoms with E-state index in [1.807, 2.05) is 66.2 Å². The molecule has 0 atom stereocenters. The van der Waals surface area contributed by atoms with Crippen LogP contribution in [0.4, 0.5) is 0 Å². The molecule has 0 N–H and O–H groups in total. The molecule has 0 bridgehead atoms. The lowest BCUT2D eigenvalue weighted by Gasteiger charge is -2.08. The minimum Gasteiger partial charge on any atom is -0.486 e. The molecule has 30 heavy (non-hydrogen) atoms. The Hall–Kier alpha value is -3.06. The molecular weight excluding hydrogens is 396 g/mol. The van der Waals surface area contributed by atoms with E-state index in [1.165, 1.54) is 11.8 Å². The number of benzene rings is 2. The van der Waals surface area contributed by atoms with Crippen LogP contribution in [0.2, 0.25) is 0 Å². The number of para-hydroxylation sites is 2. The number of aryl methyl sites for hydroxylation is 1. The van der Waals surface area contributed by atoms with Gasteiger partial charge in [0.05, 0.1) is 5.75 Å². The molecule has 0 aliphatic carbocycles. The summed E-state index contributed by atoms with van der Waals surface area (Å²) in [4.78, 5) is 13.0. The summed E-state index contributed by atoms with van der Waals surface area (Å²) in [6.07, 6.45) is 1.96. The predicted octanol–water partition coefficient (Wildman–Crippen LogP) is 4.83. The lowest BCUT2D eigenvalue weighted by atomic mass is 10.1. The van der Waals surface area contributed by atoms with E-state index < -0.39 is 0 Å². The molecule has 2 aromatic heterocycles. The van der Waals surface area contributed by atoms with Gasteiger partial charge in [-0.3, -0.25) is 4.79 Å². The zero-order valence-corrected chi connectivity index (χ0v) is 17.9. The number of nitrogens with zero attached hydrogens (tertiary/aromatic N) is 4. The third-order valence-electron chi connectivity index (χ3n) is 4.98. The monoisotopic (exact) mass is 420 g/mol. The Bertz CT molecular complexity index is 1150. The quantitative estimate of drug-likeness (QED) is 0.287. The summed E-state index contributed by atoms with van der Waals surface area (Å²) in [5, 5.41) is 10.3. The maximum absolute atomic E-state index is 13.0. The van der Waals surface area contributed by atoms with Gasteiger partial charge in [0.2, 0.25) is 0 Å². The topological polar surface area (TPSA) is 61.9 Å². The summed E-state index contributed by atoms with van der Waals surface area (Å²) in [7, 11) is 0. The number of thioether (sulfide) groups is 1. The van der Waals surface area contributed by atoms with Crippen molar-refractivity contribution in [2.45, 2.75) is 38.7 Å². The zero-order valence-electron chi connectivity index (χ0n) is 17.1. The molecule has 0 amide bonds. The van der Waals surface area contributed by atoms with E-state index in [0.29, 0.717) is 18.9 Å². The highest BCUT2D eigenvalue weighted by Gasteiger charge is 2.17. The minimum atomic E-state index is 0.0936. The van der Waals surface area contributed by atoms with Crippen molar-refractivity contribution < 1.29 is 9.53 Å². The molecule has 6 nitrogen and oxygen atoms in total. The highest BCUT2D eigenvalue weighted by molar-refractivity contribution is 7.99. The van der Waals surface area contributed by atoms with Crippen LogP contribution >= 0.6 is 11.8 Å². The molecule has 2 aromatic carbocycles. The van der Waals surface area contributed by atoms with Crippen molar-refractivity contribution in [1.29, 1.82) is 0 Å². The third-order valence-corrected chi connectivity index (χ3v) is 5.95. The molecule has 154 valence electrons. The van der Waals surface area contributed by atoms with Gasteiger partial charge in [-0.05, 0) is 32.0 Å². The second-order valence-electron chi connectivity index (χ2n) is 6.80. The van der Waals surface area contributed by atoms with Crippen LogP contribution in [0.25, 0.3) is 10.9 Å². The Morgan fingerprint density at radius 2 is 1.77 bits per heavy atom. The SMILES string of the molecule is CCn1c(COc2ccccc2)nnc1SCC(=O)c1cn(CC)c2ccccc12. The van der Waals surface area contributed by atoms with Crippen LogP contribution in [-0.4, -0.2) is 30.9 Å². The molecule has 0 saturated carbocycles. The molecular formula is C23H24N4O2S. The summed E-state index contributed by atoms with van der Waals surface area (Å²) in [6, 6.07) is 17.7. The van der Waals surface area contributed by atoms with Gasteiger partial charge < -0.3 is 13.9 Å². The Morgan fingerprint density at radius 3 is 2.53 bits per heavy atom. The molecule has 0 unspecified atom stereocenters. The average Bonchev–Trinajstić information content (AvgIpc) is 3.37. The molecule has 2 heterocycles. The molecule has 0 fully saturated rings. The smallest absolute Gasteiger partial charge is 0.191 e. The normalized spacial score (nSPS) is 11.1. The Kier molecular flexibility index (Phi) is 6.18. The van der Waals surface area contributed by atoms with Gasteiger partial charge in [-0.25, -0.2) is 0 Å². The maximum atomic E-state index is 13.0. The number of aromatic nitrogens is 4. The van der Waals surface area contributed by atoms with E-state index >= 15 is 0 Å². The van der Waals surface area contributed by atoms with Crippen LogP contribution < -0.4 is 4.74 Å². The first-order valence-corrected chi connectivity index (χ1v) is 11.0. The van der Waals surface area contributed by atoms with Crippen LogP contribution in [0.3, 0.4) is 0 Å². The van der Waals surface area contributed by atoms with Crippen molar-refractivity contribution in [3.63, 3.8) is 0 Å². The summed E-state index contributed by atoms with van der Waals surface area (Å²) in [5.41, 5.74) is 1.85. The van der Waals surface area contributed by atoms with Crippen LogP contribution in [0, 0.1) is 0 Å². The minimum absolute atomic E-state index is 0.0936. The number of rotatable bonds is 9. The Balaban J connectivity index is 1.46. The molecule has 0 saturated heterocycles. The number of Topliss-reactive ketones (excluding diaryl/α,β-unsaturated/α-hetero) is 1. The first-order valence-electron chi connectivity index (χ1n) is 10.0. The van der Waals surface area contributed by atoms with Crippen LogP contribution in [-0.2, 0) is 19.7 Å². The highest BCUT2D eigenvalue weighted by Crippen LogP contribution is 2.25. The van der Waals surface area contributed by atoms with E-state index in [4.69, 9.17) is 4.74 Å². The van der Waals surface area contributed by atoms with Crippen molar-refractivity contribution in [3.8, 4) is 5.75 Å². The van der Waals surface area contributed by atoms with Gasteiger partial charge in [0.25, 0.3) is 0 Å². The second kappa shape index (κ2) is 9.17. The number of carbonyl (C=O) groups is 1. The number of ketones is 1. The fourth-order valence-corrected chi connectivity index (χ4v) is 4.36. The summed E-state index contributed by atoms with van der Waals surface area (Å²) in [6.45, 7) is 6.00. The lowest BCUT2D eigenvalue weighted by molar-refractivity contribution is 0.102. The summed E-state index contributed by atoms with van der Waals surface area (Å²) < 4.78 is 9.91. The van der Waals surface area contributed by atoms with Crippen LogP contribution in [0.5, 0.6) is 5.75 Å². The molecule has 0 aliphatic heterocycles. The fourth-order valence-electron chi connectivity index (χ4n) is 3.45. The summed E-state index contributed by atoms with van der Waals surface area (Å²) in [5.74, 6) is 1.95. The molecule has 7 heteroatoms. The first-order chi connectivity index (χ1) is 14.7. The van der Waals surface area contributed by atoms with E-state index in [1.54, 1.807) is 0 Å². The van der Waals surface area contributed by atoms with Crippen LogP contribution in [0.1, 0.15) is 30.0 Å². The Morgan fingerprint density at radius 1 is 1.00 bits per heavy atom. The number of hydrogen-bond acceptors (Lipinski definition) is 5. The second-order valence-corrected chi connectivity index (χ2v) is 7.75. The number of carbonyl (C=O) groups excluding carboxylic acids is 1. The number of ether oxygens (including phenoxy) is 1. The van der Waals surface area contributed by atoms with E-state index in [2.05, 4.69) is 27.8 Å². The van der Waals surface area contributed by atoms with Gasteiger partial charge in [0.1, 0.15) is 12.4 Å². The molecule has 0 radical (unpaired) electrons. The molecule has 4 aromatic rings. The third kappa shape index (κ3) is 4.11. The summed E-state index contributed by atoms with van der Waals surface area (Å²) >= 11 is 1.42. The standard InChI is InChI=1S/C23H24N4O2S/c1-3-26-14-19(18-12-8-9-13-20(18)26)21(28)16-30-23-25-24-22(27(23)4-2)15-29-17-10-6-5-7-11-17/h5-14H,3-4,15-16H2,1-2H3. The van der Waals surface area contributed by atoms with E-state index in [9.17, 15) is 4.79 Å². The fraction of sp³-hybridized carbons (Fsp3) is 0.261. The number of fused-ring (bicyclic) bond motifs is 1. The van der Waals surface area contributed by atoms with Gasteiger partial charge in [-0.15, -0.1) is 10.2 Å². The van der Waals surface area contributed by atoms with Gasteiger partial charge in [0.15, 0.2) is 16.8 Å². The van der Waals surface area contributed by atoms with Gasteiger partial charge in [-0.1, -0.05) is 48.2 Å². The van der Waals surface area contributed by atoms with Crippen molar-refractivity contribution in [1.82, 2.24) is 19.3 Å². The Labute approximate surface area is 179 Å². The lowest BCUT2D eigenvalue weighted by Crippen LogP contribution is -2.08. The molecule has 4 rings (SSSR count).